The molecule has 0 radical (unpaired) electrons. The van der Waals surface area contributed by atoms with Gasteiger partial charge in [-0.2, -0.15) is 5.10 Å². The van der Waals surface area contributed by atoms with Crippen molar-refractivity contribution in [1.82, 2.24) is 15.1 Å². The van der Waals surface area contributed by atoms with E-state index in [1.54, 1.807) is 0 Å². The number of hydrogen-bond acceptors (Lipinski definition) is 2. The minimum Gasteiger partial charge on any atom is -0.312 e. The van der Waals surface area contributed by atoms with E-state index in [9.17, 15) is 0 Å². The molecule has 3 nitrogen and oxygen atoms in total. The van der Waals surface area contributed by atoms with Crippen LogP contribution in [0.1, 0.15) is 58.8 Å². The van der Waals surface area contributed by atoms with Crippen LogP contribution in [0.5, 0.6) is 0 Å². The molecule has 0 spiro atoms. The van der Waals surface area contributed by atoms with Crippen molar-refractivity contribution in [2.24, 2.45) is 12.5 Å². The Balaban J connectivity index is 2.84. The van der Waals surface area contributed by atoms with Gasteiger partial charge >= 0.3 is 0 Å². The van der Waals surface area contributed by atoms with E-state index in [4.69, 9.17) is 0 Å². The maximum absolute atomic E-state index is 4.47. The highest BCUT2D eigenvalue weighted by atomic mass is 15.3. The Morgan fingerprint density at radius 3 is 2.16 bits per heavy atom. The summed E-state index contributed by atoms with van der Waals surface area (Å²) in [6, 6.07) is 2.22. The number of nitrogens with zero attached hydrogens (tertiary/aromatic N) is 2. The minimum atomic E-state index is 0.179. The summed E-state index contributed by atoms with van der Waals surface area (Å²) in [5.74, 6) is 0. The average molecular weight is 265 g/mol. The van der Waals surface area contributed by atoms with Crippen LogP contribution in [0.3, 0.4) is 0 Å². The fraction of sp³-hybridized carbons (Fsp3) is 0.812. The first kappa shape index (κ1) is 16.2. The highest BCUT2D eigenvalue weighted by Crippen LogP contribution is 2.31. The van der Waals surface area contributed by atoms with E-state index in [2.05, 4.69) is 65.1 Å². The molecule has 0 saturated heterocycles. The molecule has 0 aromatic carbocycles. The largest absolute Gasteiger partial charge is 0.312 e. The average Bonchev–Trinajstić information content (AvgIpc) is 2.62. The van der Waals surface area contributed by atoms with Crippen molar-refractivity contribution < 1.29 is 0 Å². The van der Waals surface area contributed by atoms with Crippen molar-refractivity contribution in [3.63, 3.8) is 0 Å². The second-order valence-electron chi connectivity index (χ2n) is 6.89. The monoisotopic (exact) mass is 265 g/mol. The molecule has 1 heterocycles. The first-order valence-electron chi connectivity index (χ1n) is 7.46. The van der Waals surface area contributed by atoms with Gasteiger partial charge in [0.15, 0.2) is 0 Å². The third-order valence-electron chi connectivity index (χ3n) is 4.15. The molecular formula is C16H31N3. The van der Waals surface area contributed by atoms with Crippen molar-refractivity contribution >= 4 is 0 Å². The van der Waals surface area contributed by atoms with Gasteiger partial charge in [0.05, 0.1) is 5.69 Å². The van der Waals surface area contributed by atoms with Crippen LogP contribution in [0.15, 0.2) is 6.07 Å². The van der Waals surface area contributed by atoms with E-state index in [0.29, 0.717) is 5.41 Å². The molecule has 0 unspecified atom stereocenters. The Hall–Kier alpha value is -0.830. The summed E-state index contributed by atoms with van der Waals surface area (Å²) in [5.41, 5.74) is 2.96. The van der Waals surface area contributed by atoms with Crippen molar-refractivity contribution in [2.45, 2.75) is 66.3 Å². The third kappa shape index (κ3) is 4.64. The zero-order chi connectivity index (χ0) is 14.7. The van der Waals surface area contributed by atoms with E-state index in [1.807, 2.05) is 4.68 Å². The molecule has 0 amide bonds. The van der Waals surface area contributed by atoms with Crippen LogP contribution in [0, 0.1) is 12.3 Å². The predicted octanol–water partition coefficient (Wildman–Crippen LogP) is 3.47. The molecule has 19 heavy (non-hydrogen) atoms. The van der Waals surface area contributed by atoms with Gasteiger partial charge in [-0.05, 0) is 58.4 Å². The first-order chi connectivity index (χ1) is 8.71. The maximum atomic E-state index is 4.47. The molecule has 0 fully saturated rings. The number of rotatable bonds is 6. The molecule has 0 bridgehead atoms. The number of aromatic nitrogens is 2. The lowest BCUT2D eigenvalue weighted by Crippen LogP contribution is -2.44. The van der Waals surface area contributed by atoms with Crippen LogP contribution in [-0.4, -0.2) is 21.9 Å². The van der Waals surface area contributed by atoms with E-state index in [-0.39, 0.29) is 5.54 Å². The van der Waals surface area contributed by atoms with Crippen LogP contribution in [0.2, 0.25) is 0 Å². The normalized spacial score (nSPS) is 13.0. The van der Waals surface area contributed by atoms with Gasteiger partial charge in [-0.3, -0.25) is 4.68 Å². The summed E-state index contributed by atoms with van der Waals surface area (Å²) < 4.78 is 2.03. The van der Waals surface area contributed by atoms with Gasteiger partial charge in [0.1, 0.15) is 0 Å². The Morgan fingerprint density at radius 2 is 1.79 bits per heavy atom. The molecule has 0 aliphatic rings. The van der Waals surface area contributed by atoms with Gasteiger partial charge in [0.25, 0.3) is 0 Å². The molecule has 0 saturated carbocycles. The zero-order valence-corrected chi connectivity index (χ0v) is 13.8. The minimum absolute atomic E-state index is 0.179. The molecule has 1 rings (SSSR count). The van der Waals surface area contributed by atoms with Crippen molar-refractivity contribution in [3.05, 3.63) is 17.5 Å². The Kier molecular flexibility index (Phi) is 5.19. The summed E-state index contributed by atoms with van der Waals surface area (Å²) in [7, 11) is 2.05. The van der Waals surface area contributed by atoms with E-state index < -0.39 is 0 Å². The Morgan fingerprint density at radius 1 is 1.21 bits per heavy atom. The summed E-state index contributed by atoms with van der Waals surface area (Å²) in [5, 5.41) is 8.15. The summed E-state index contributed by atoms with van der Waals surface area (Å²) >= 11 is 0. The highest BCUT2D eigenvalue weighted by Gasteiger charge is 2.29. The second kappa shape index (κ2) is 6.08. The quantitative estimate of drug-likeness (QED) is 0.853. The molecule has 110 valence electrons. The third-order valence-corrected chi connectivity index (χ3v) is 4.15. The van der Waals surface area contributed by atoms with Gasteiger partial charge in [-0.1, -0.05) is 13.8 Å². The van der Waals surface area contributed by atoms with Crippen LogP contribution >= 0.6 is 0 Å². The van der Waals surface area contributed by atoms with E-state index in [1.165, 1.54) is 18.5 Å². The summed E-state index contributed by atoms with van der Waals surface area (Å²) in [6.07, 6.45) is 3.48. The molecule has 1 aromatic rings. The number of hydrogen-bond donors (Lipinski definition) is 1. The number of aryl methyl sites for hydroxylation is 2. The molecular weight excluding hydrogens is 234 g/mol. The molecule has 1 aromatic heterocycles. The molecule has 3 heteroatoms. The Labute approximate surface area is 118 Å². The lowest BCUT2D eigenvalue weighted by atomic mass is 9.77. The first-order valence-corrected chi connectivity index (χ1v) is 7.46. The molecule has 0 aliphatic heterocycles. The summed E-state index contributed by atoms with van der Waals surface area (Å²) in [6.45, 7) is 14.4. The van der Waals surface area contributed by atoms with Gasteiger partial charge in [-0.15, -0.1) is 0 Å². The zero-order valence-electron chi connectivity index (χ0n) is 13.8. The Bertz CT molecular complexity index is 395. The van der Waals surface area contributed by atoms with Crippen LogP contribution < -0.4 is 5.32 Å². The fourth-order valence-corrected chi connectivity index (χ4v) is 2.48. The topological polar surface area (TPSA) is 29.9 Å². The van der Waals surface area contributed by atoms with Crippen LogP contribution in [0.4, 0.5) is 0 Å². The SMILES string of the molecule is CCC(CC)(CNC(C)(C)C)Cc1cc(C)nn1C. The standard InChI is InChI=1S/C16H31N3/c1-8-16(9-2,12-17-15(4,5)6)11-14-10-13(3)18-19(14)7/h10,17H,8-9,11-12H2,1-7H3. The fourth-order valence-electron chi connectivity index (χ4n) is 2.48. The second-order valence-corrected chi connectivity index (χ2v) is 6.89. The van der Waals surface area contributed by atoms with Crippen LogP contribution in [-0.2, 0) is 13.5 Å². The lowest BCUT2D eigenvalue weighted by Gasteiger charge is -2.35. The van der Waals surface area contributed by atoms with Crippen molar-refractivity contribution in [3.8, 4) is 0 Å². The predicted molar refractivity (Wildman–Crippen MR) is 82.4 cm³/mol. The van der Waals surface area contributed by atoms with Crippen molar-refractivity contribution in [2.75, 3.05) is 6.54 Å². The van der Waals surface area contributed by atoms with E-state index in [0.717, 1.165) is 18.7 Å². The van der Waals surface area contributed by atoms with Gasteiger partial charge in [0.2, 0.25) is 0 Å². The number of nitrogens with one attached hydrogen (secondary N) is 1. The van der Waals surface area contributed by atoms with Gasteiger partial charge < -0.3 is 5.32 Å². The van der Waals surface area contributed by atoms with Gasteiger partial charge in [0, 0.05) is 24.8 Å². The smallest absolute Gasteiger partial charge is 0.0596 e. The molecule has 0 atom stereocenters. The lowest BCUT2D eigenvalue weighted by molar-refractivity contribution is 0.216. The van der Waals surface area contributed by atoms with E-state index >= 15 is 0 Å². The van der Waals surface area contributed by atoms with Gasteiger partial charge in [-0.25, -0.2) is 0 Å². The maximum Gasteiger partial charge on any atom is 0.0596 e. The molecule has 0 aliphatic carbocycles. The summed E-state index contributed by atoms with van der Waals surface area (Å²) in [4.78, 5) is 0. The molecule has 1 N–H and O–H groups in total. The van der Waals surface area contributed by atoms with Crippen LogP contribution in [0.25, 0.3) is 0 Å². The van der Waals surface area contributed by atoms with Crippen molar-refractivity contribution in [1.29, 1.82) is 0 Å². The highest BCUT2D eigenvalue weighted by molar-refractivity contribution is 5.11.